The van der Waals surface area contributed by atoms with Crippen LogP contribution in [0, 0.1) is 0 Å². The lowest BCUT2D eigenvalue weighted by molar-refractivity contribution is 0.0982. The Morgan fingerprint density at radius 1 is 1.20 bits per heavy atom. The fourth-order valence-electron chi connectivity index (χ4n) is 3.07. The minimum atomic E-state index is 0. The Bertz CT molecular complexity index is 521. The SMILES string of the molecule is CCNC(=NCc1nncn1CC)NCC(C)(C)N1CCCCC1.I. The normalized spacial score (nSPS) is 16.4. The lowest BCUT2D eigenvalue weighted by Crippen LogP contribution is -2.54. The van der Waals surface area contributed by atoms with E-state index < -0.39 is 0 Å². The van der Waals surface area contributed by atoms with Gasteiger partial charge in [-0.3, -0.25) is 4.90 Å². The first-order chi connectivity index (χ1) is 11.6. The number of hydrogen-bond donors (Lipinski definition) is 2. The van der Waals surface area contributed by atoms with Crippen LogP contribution in [0.3, 0.4) is 0 Å². The number of aromatic nitrogens is 3. The first-order valence-electron chi connectivity index (χ1n) is 9.20. The van der Waals surface area contributed by atoms with E-state index in [1.54, 1.807) is 6.33 Å². The lowest BCUT2D eigenvalue weighted by atomic mass is 9.98. The second-order valence-electron chi connectivity index (χ2n) is 6.94. The van der Waals surface area contributed by atoms with Crippen molar-refractivity contribution in [3.63, 3.8) is 0 Å². The number of likely N-dealkylation sites (tertiary alicyclic amines) is 1. The zero-order chi connectivity index (χ0) is 17.4. The zero-order valence-corrected chi connectivity index (χ0v) is 18.4. The van der Waals surface area contributed by atoms with E-state index in [-0.39, 0.29) is 29.5 Å². The molecule has 1 aliphatic heterocycles. The van der Waals surface area contributed by atoms with E-state index >= 15 is 0 Å². The number of hydrogen-bond acceptors (Lipinski definition) is 4. The smallest absolute Gasteiger partial charge is 0.191 e. The molecule has 0 unspecified atom stereocenters. The largest absolute Gasteiger partial charge is 0.357 e. The number of aliphatic imine (C=N–C) groups is 1. The van der Waals surface area contributed by atoms with Crippen molar-refractivity contribution < 1.29 is 0 Å². The van der Waals surface area contributed by atoms with E-state index in [9.17, 15) is 0 Å². The Labute approximate surface area is 169 Å². The summed E-state index contributed by atoms with van der Waals surface area (Å²) in [5, 5.41) is 14.9. The van der Waals surface area contributed by atoms with E-state index in [2.05, 4.69) is 58.4 Å². The van der Waals surface area contributed by atoms with Gasteiger partial charge in [0.05, 0.1) is 0 Å². The average Bonchev–Trinajstić information content (AvgIpc) is 3.06. The second kappa shape index (κ2) is 10.9. The van der Waals surface area contributed by atoms with Crippen LogP contribution in [0.2, 0.25) is 0 Å². The van der Waals surface area contributed by atoms with Crippen LogP contribution in [0.1, 0.15) is 52.8 Å². The highest BCUT2D eigenvalue weighted by atomic mass is 127. The third-order valence-electron chi connectivity index (χ3n) is 4.66. The Hall–Kier alpha value is -0.900. The average molecular weight is 463 g/mol. The number of nitrogens with one attached hydrogen (secondary N) is 2. The van der Waals surface area contributed by atoms with Crippen LogP contribution in [0.15, 0.2) is 11.3 Å². The van der Waals surface area contributed by atoms with Gasteiger partial charge >= 0.3 is 0 Å². The molecule has 1 aromatic rings. The molecule has 0 bridgehead atoms. The van der Waals surface area contributed by atoms with Gasteiger partial charge in [-0.25, -0.2) is 4.99 Å². The van der Waals surface area contributed by atoms with Gasteiger partial charge in [-0.15, -0.1) is 34.2 Å². The van der Waals surface area contributed by atoms with Crippen molar-refractivity contribution in [3.8, 4) is 0 Å². The van der Waals surface area contributed by atoms with Gasteiger partial charge in [-0.05, 0) is 53.6 Å². The second-order valence-corrected chi connectivity index (χ2v) is 6.94. The molecule has 0 radical (unpaired) electrons. The molecular formula is C17H34IN7. The van der Waals surface area contributed by atoms with E-state index in [1.807, 2.05) is 4.57 Å². The van der Waals surface area contributed by atoms with Crippen molar-refractivity contribution in [2.45, 2.75) is 65.6 Å². The zero-order valence-electron chi connectivity index (χ0n) is 16.1. The Balaban J connectivity index is 0.00000312. The molecule has 0 saturated carbocycles. The summed E-state index contributed by atoms with van der Waals surface area (Å²) < 4.78 is 2.02. The molecule has 0 amide bonds. The first-order valence-corrected chi connectivity index (χ1v) is 9.20. The van der Waals surface area contributed by atoms with Gasteiger partial charge in [0.25, 0.3) is 0 Å². The molecule has 7 nitrogen and oxygen atoms in total. The standard InChI is InChI=1S/C17H33N7.HI/c1-5-18-16(19-12-15-22-21-14-23(15)6-2)20-13-17(3,4)24-10-8-7-9-11-24;/h14H,5-13H2,1-4H3,(H2,18,19,20);1H. The maximum absolute atomic E-state index is 4.67. The maximum Gasteiger partial charge on any atom is 0.191 e. The highest BCUT2D eigenvalue weighted by Crippen LogP contribution is 2.19. The van der Waals surface area contributed by atoms with Gasteiger partial charge in [0.1, 0.15) is 12.9 Å². The molecular weight excluding hydrogens is 429 g/mol. The molecule has 2 rings (SSSR count). The van der Waals surface area contributed by atoms with Crippen LogP contribution >= 0.6 is 24.0 Å². The maximum atomic E-state index is 4.67. The highest BCUT2D eigenvalue weighted by molar-refractivity contribution is 14.0. The molecule has 1 fully saturated rings. The van der Waals surface area contributed by atoms with Crippen LogP contribution in [0.25, 0.3) is 0 Å². The predicted molar refractivity (Wildman–Crippen MR) is 113 cm³/mol. The summed E-state index contributed by atoms with van der Waals surface area (Å²) >= 11 is 0. The molecule has 2 heterocycles. The van der Waals surface area contributed by atoms with E-state index in [1.165, 1.54) is 32.4 Å². The van der Waals surface area contributed by atoms with Gasteiger partial charge in [0.15, 0.2) is 11.8 Å². The molecule has 1 aromatic heterocycles. The molecule has 144 valence electrons. The molecule has 0 aliphatic carbocycles. The fraction of sp³-hybridized carbons (Fsp3) is 0.824. The Kier molecular flexibility index (Phi) is 9.70. The summed E-state index contributed by atoms with van der Waals surface area (Å²) in [6.45, 7) is 14.3. The number of aryl methyl sites for hydroxylation is 1. The first kappa shape index (κ1) is 22.1. The third kappa shape index (κ3) is 6.73. The van der Waals surface area contributed by atoms with E-state index in [0.717, 1.165) is 31.4 Å². The van der Waals surface area contributed by atoms with Crippen molar-refractivity contribution in [3.05, 3.63) is 12.2 Å². The Morgan fingerprint density at radius 3 is 2.56 bits per heavy atom. The number of guanidine groups is 1. The summed E-state index contributed by atoms with van der Waals surface area (Å²) in [5.74, 6) is 1.73. The number of piperidine rings is 1. The Morgan fingerprint density at radius 2 is 1.92 bits per heavy atom. The van der Waals surface area contributed by atoms with Crippen LogP contribution in [-0.2, 0) is 13.1 Å². The van der Waals surface area contributed by atoms with Crippen molar-refractivity contribution in [2.24, 2.45) is 4.99 Å². The predicted octanol–water partition coefficient (Wildman–Crippen LogP) is 2.24. The van der Waals surface area contributed by atoms with Crippen LogP contribution in [-0.4, -0.2) is 57.3 Å². The summed E-state index contributed by atoms with van der Waals surface area (Å²) in [4.78, 5) is 7.25. The van der Waals surface area contributed by atoms with Gasteiger partial charge in [0, 0.05) is 25.2 Å². The van der Waals surface area contributed by atoms with E-state index in [0.29, 0.717) is 6.54 Å². The molecule has 0 spiro atoms. The van der Waals surface area contributed by atoms with Gasteiger partial charge in [-0.2, -0.15) is 0 Å². The molecule has 2 N–H and O–H groups in total. The molecule has 1 aliphatic rings. The molecule has 0 atom stereocenters. The third-order valence-corrected chi connectivity index (χ3v) is 4.66. The molecule has 1 saturated heterocycles. The summed E-state index contributed by atoms with van der Waals surface area (Å²) in [6.07, 6.45) is 5.74. The quantitative estimate of drug-likeness (QED) is 0.369. The monoisotopic (exact) mass is 463 g/mol. The van der Waals surface area contributed by atoms with Crippen LogP contribution in [0.4, 0.5) is 0 Å². The van der Waals surface area contributed by atoms with E-state index in [4.69, 9.17) is 0 Å². The van der Waals surface area contributed by atoms with Crippen molar-refractivity contribution in [1.82, 2.24) is 30.3 Å². The van der Waals surface area contributed by atoms with Gasteiger partial charge in [0.2, 0.25) is 0 Å². The number of rotatable bonds is 7. The highest BCUT2D eigenvalue weighted by Gasteiger charge is 2.27. The summed E-state index contributed by atoms with van der Waals surface area (Å²) in [6, 6.07) is 0. The van der Waals surface area contributed by atoms with Gasteiger partial charge in [-0.1, -0.05) is 6.42 Å². The van der Waals surface area contributed by atoms with Crippen molar-refractivity contribution >= 4 is 29.9 Å². The van der Waals surface area contributed by atoms with Crippen LogP contribution < -0.4 is 10.6 Å². The van der Waals surface area contributed by atoms with Crippen molar-refractivity contribution in [2.75, 3.05) is 26.2 Å². The molecule has 8 heteroatoms. The molecule has 0 aromatic carbocycles. The minimum Gasteiger partial charge on any atom is -0.357 e. The topological polar surface area (TPSA) is 70.4 Å². The molecule has 25 heavy (non-hydrogen) atoms. The minimum absolute atomic E-state index is 0. The van der Waals surface area contributed by atoms with Crippen LogP contribution in [0.5, 0.6) is 0 Å². The summed E-state index contributed by atoms with van der Waals surface area (Å²) in [7, 11) is 0. The van der Waals surface area contributed by atoms with Crippen molar-refractivity contribution in [1.29, 1.82) is 0 Å². The van der Waals surface area contributed by atoms with Gasteiger partial charge < -0.3 is 15.2 Å². The lowest BCUT2D eigenvalue weighted by Gasteiger charge is -2.41. The number of halogens is 1. The summed E-state index contributed by atoms with van der Waals surface area (Å²) in [5.41, 5.74) is 0.125. The number of nitrogens with zero attached hydrogens (tertiary/aromatic N) is 5. The fourth-order valence-corrected chi connectivity index (χ4v) is 3.07.